The van der Waals surface area contributed by atoms with E-state index in [1.54, 1.807) is 36.4 Å². The summed E-state index contributed by atoms with van der Waals surface area (Å²) in [6, 6.07) is 3.65. The third kappa shape index (κ3) is 2.26. The highest BCUT2D eigenvalue weighted by Gasteiger charge is 1.98. The molecule has 0 saturated heterocycles. The smallest absolute Gasteiger partial charge is 0.165 e. The topological polar surface area (TPSA) is 67.6 Å². The Kier molecular flexibility index (Phi) is 2.69. The molecule has 0 spiro atoms. The van der Waals surface area contributed by atoms with Crippen molar-refractivity contribution >= 4 is 17.4 Å². The van der Waals surface area contributed by atoms with E-state index in [-0.39, 0.29) is 0 Å². The molecule has 0 aliphatic carbocycles. The number of nitrogens with zero attached hydrogens (tertiary/aromatic N) is 2. The van der Waals surface area contributed by atoms with Gasteiger partial charge in [0.1, 0.15) is 0 Å². The van der Waals surface area contributed by atoms with Crippen molar-refractivity contribution in [3.63, 3.8) is 0 Å². The number of nitrogen functional groups attached to an aromatic ring is 1. The molecule has 2 aromatic heterocycles. The number of anilines is 1. The summed E-state index contributed by atoms with van der Waals surface area (Å²) in [6.07, 6.45) is 5.25. The fraction of sp³-hybridized carbons (Fsp3) is 0.111. The molecule has 3 N–H and O–H groups in total. The van der Waals surface area contributed by atoms with Crippen LogP contribution in [0.15, 0.2) is 35.9 Å². The van der Waals surface area contributed by atoms with E-state index in [4.69, 9.17) is 5.73 Å². The van der Waals surface area contributed by atoms with Crippen LogP contribution in [0.3, 0.4) is 0 Å². The molecule has 2 heterocycles. The average molecular weight is 206 g/mol. The molecule has 0 aromatic carbocycles. The number of imidazole rings is 1. The first kappa shape index (κ1) is 9.08. The Hall–Kier alpha value is -1.49. The van der Waals surface area contributed by atoms with Crippen molar-refractivity contribution in [2.75, 3.05) is 5.73 Å². The van der Waals surface area contributed by atoms with Crippen molar-refractivity contribution in [2.24, 2.45) is 0 Å². The van der Waals surface area contributed by atoms with E-state index in [1.807, 2.05) is 6.07 Å². The second-order valence-corrected chi connectivity index (χ2v) is 3.73. The van der Waals surface area contributed by atoms with Gasteiger partial charge >= 0.3 is 0 Å². The average Bonchev–Trinajstić information content (AvgIpc) is 2.67. The Balaban J connectivity index is 1.98. The highest BCUT2D eigenvalue weighted by atomic mass is 32.2. The molecule has 0 fully saturated rings. The van der Waals surface area contributed by atoms with Crippen LogP contribution in [0, 0.1) is 0 Å². The van der Waals surface area contributed by atoms with Crippen LogP contribution in [0.5, 0.6) is 0 Å². The van der Waals surface area contributed by atoms with Gasteiger partial charge in [-0.1, -0.05) is 11.8 Å². The molecule has 0 atom stereocenters. The monoisotopic (exact) mass is 206 g/mol. The van der Waals surface area contributed by atoms with E-state index in [0.29, 0.717) is 0 Å². The molecule has 0 aliphatic heterocycles. The largest absolute Gasteiger partial charge is 0.399 e. The molecule has 0 aliphatic rings. The lowest BCUT2D eigenvalue weighted by atomic mass is 10.3. The summed E-state index contributed by atoms with van der Waals surface area (Å²) >= 11 is 1.60. The van der Waals surface area contributed by atoms with Crippen molar-refractivity contribution in [1.82, 2.24) is 15.0 Å². The second-order valence-electron chi connectivity index (χ2n) is 2.76. The van der Waals surface area contributed by atoms with E-state index in [2.05, 4.69) is 15.0 Å². The minimum absolute atomic E-state index is 0.745. The lowest BCUT2D eigenvalue weighted by Gasteiger charge is -1.99. The summed E-state index contributed by atoms with van der Waals surface area (Å²) in [7, 11) is 0. The van der Waals surface area contributed by atoms with Gasteiger partial charge in [0.2, 0.25) is 0 Å². The van der Waals surface area contributed by atoms with Crippen LogP contribution in [-0.4, -0.2) is 15.0 Å². The van der Waals surface area contributed by atoms with E-state index in [1.165, 1.54) is 0 Å². The van der Waals surface area contributed by atoms with Crippen LogP contribution in [-0.2, 0) is 5.75 Å². The predicted octanol–water partition coefficient (Wildman–Crippen LogP) is 1.68. The van der Waals surface area contributed by atoms with Crippen LogP contribution < -0.4 is 5.73 Å². The van der Waals surface area contributed by atoms with Crippen molar-refractivity contribution in [2.45, 2.75) is 10.9 Å². The maximum Gasteiger partial charge on any atom is 0.165 e. The molecular formula is C9H10N4S. The first-order chi connectivity index (χ1) is 6.84. The third-order valence-electron chi connectivity index (χ3n) is 1.67. The van der Waals surface area contributed by atoms with Crippen molar-refractivity contribution in [3.05, 3.63) is 36.4 Å². The normalized spacial score (nSPS) is 10.3. The molecule has 2 rings (SSSR count). The zero-order valence-corrected chi connectivity index (χ0v) is 8.29. The predicted molar refractivity (Wildman–Crippen MR) is 56.8 cm³/mol. The number of hydrogen-bond donors (Lipinski definition) is 2. The Morgan fingerprint density at radius 1 is 1.36 bits per heavy atom. The van der Waals surface area contributed by atoms with Gasteiger partial charge in [-0.2, -0.15) is 0 Å². The molecule has 0 saturated carbocycles. The highest BCUT2D eigenvalue weighted by Crippen LogP contribution is 2.18. The molecule has 5 heteroatoms. The number of aromatic nitrogens is 3. The zero-order valence-electron chi connectivity index (χ0n) is 7.47. The van der Waals surface area contributed by atoms with Crippen molar-refractivity contribution in [3.8, 4) is 0 Å². The van der Waals surface area contributed by atoms with Gasteiger partial charge in [-0.15, -0.1) is 0 Å². The highest BCUT2D eigenvalue weighted by molar-refractivity contribution is 7.98. The lowest BCUT2D eigenvalue weighted by molar-refractivity contribution is 1.05. The fourth-order valence-electron chi connectivity index (χ4n) is 1.05. The molecule has 2 aromatic rings. The molecule has 0 radical (unpaired) electrons. The van der Waals surface area contributed by atoms with Gasteiger partial charge in [0.25, 0.3) is 0 Å². The molecule has 0 amide bonds. The van der Waals surface area contributed by atoms with Gasteiger partial charge in [0.05, 0.1) is 5.69 Å². The summed E-state index contributed by atoms with van der Waals surface area (Å²) in [6.45, 7) is 0. The Morgan fingerprint density at radius 2 is 2.29 bits per heavy atom. The van der Waals surface area contributed by atoms with Crippen LogP contribution in [0.4, 0.5) is 5.69 Å². The number of H-pyrrole nitrogens is 1. The molecule has 0 unspecified atom stereocenters. The minimum atomic E-state index is 0.745. The van der Waals surface area contributed by atoms with Gasteiger partial charge in [-0.05, 0) is 12.1 Å². The van der Waals surface area contributed by atoms with Crippen LogP contribution >= 0.6 is 11.8 Å². The minimum Gasteiger partial charge on any atom is -0.399 e. The first-order valence-corrected chi connectivity index (χ1v) is 5.16. The summed E-state index contributed by atoms with van der Waals surface area (Å²) < 4.78 is 0. The van der Waals surface area contributed by atoms with Gasteiger partial charge in [0.15, 0.2) is 5.16 Å². The number of thioether (sulfide) groups is 1. The Morgan fingerprint density at radius 3 is 3.00 bits per heavy atom. The number of nitrogens with two attached hydrogens (primary N) is 1. The van der Waals surface area contributed by atoms with Gasteiger partial charge in [0, 0.05) is 30.0 Å². The molecule has 0 bridgehead atoms. The van der Waals surface area contributed by atoms with Crippen LogP contribution in [0.25, 0.3) is 0 Å². The van der Waals surface area contributed by atoms with Crippen LogP contribution in [0.2, 0.25) is 0 Å². The number of nitrogens with one attached hydrogen (secondary N) is 1. The molecule has 14 heavy (non-hydrogen) atoms. The third-order valence-corrected chi connectivity index (χ3v) is 2.61. The number of pyridine rings is 1. The first-order valence-electron chi connectivity index (χ1n) is 4.17. The van der Waals surface area contributed by atoms with E-state index >= 15 is 0 Å². The SMILES string of the molecule is Nc1ccnc(CSc2ncc[nH]2)c1. The van der Waals surface area contributed by atoms with E-state index < -0.39 is 0 Å². The standard InChI is InChI=1S/C9H10N4S/c10-7-1-2-11-8(5-7)6-14-9-12-3-4-13-9/h1-5H,6H2,(H2,10,11)(H,12,13). The van der Waals surface area contributed by atoms with Gasteiger partial charge in [-0.3, -0.25) is 4.98 Å². The summed E-state index contributed by atoms with van der Waals surface area (Å²) in [5.41, 5.74) is 7.34. The van der Waals surface area contributed by atoms with E-state index in [0.717, 1.165) is 22.3 Å². The quantitative estimate of drug-likeness (QED) is 0.750. The maximum absolute atomic E-state index is 5.63. The van der Waals surface area contributed by atoms with Gasteiger partial charge in [-0.25, -0.2) is 4.98 Å². The van der Waals surface area contributed by atoms with E-state index in [9.17, 15) is 0 Å². The zero-order chi connectivity index (χ0) is 9.80. The number of hydrogen-bond acceptors (Lipinski definition) is 4. The molecular weight excluding hydrogens is 196 g/mol. The van der Waals surface area contributed by atoms with Crippen LogP contribution in [0.1, 0.15) is 5.69 Å². The Bertz CT molecular complexity index is 399. The summed E-state index contributed by atoms with van der Waals surface area (Å²) in [4.78, 5) is 11.3. The summed E-state index contributed by atoms with van der Waals surface area (Å²) in [5, 5.41) is 0.897. The second kappa shape index (κ2) is 4.15. The molecule has 4 nitrogen and oxygen atoms in total. The number of aromatic amines is 1. The Labute approximate surface area is 86.0 Å². The van der Waals surface area contributed by atoms with Crippen molar-refractivity contribution < 1.29 is 0 Å². The summed E-state index contributed by atoms with van der Waals surface area (Å²) in [5.74, 6) is 0.776. The number of rotatable bonds is 3. The fourth-order valence-corrected chi connectivity index (χ4v) is 1.78. The lowest BCUT2D eigenvalue weighted by Crippen LogP contribution is -1.90. The van der Waals surface area contributed by atoms with Gasteiger partial charge < -0.3 is 10.7 Å². The van der Waals surface area contributed by atoms with Crippen molar-refractivity contribution in [1.29, 1.82) is 0 Å². The maximum atomic E-state index is 5.63. The molecule has 72 valence electrons.